The molecular formula is C17H24F4N4O. The molecule has 0 aliphatic carbocycles. The fraction of sp³-hybridized carbons (Fsp3) is 0.529. The third-order valence-corrected chi connectivity index (χ3v) is 3.78. The summed E-state index contributed by atoms with van der Waals surface area (Å²) in [6.45, 7) is 2.55. The Kier molecular flexibility index (Phi) is 7.41. The highest BCUT2D eigenvalue weighted by Gasteiger charge is 2.31. The number of carbonyl (C=O) groups excluding carboxylic acids is 1. The zero-order valence-electron chi connectivity index (χ0n) is 15.2. The summed E-state index contributed by atoms with van der Waals surface area (Å²) in [6, 6.07) is 6.22. The summed E-state index contributed by atoms with van der Waals surface area (Å²) in [5.74, 6) is -0.783. The summed E-state index contributed by atoms with van der Waals surface area (Å²) in [4.78, 5) is 16.3. The van der Waals surface area contributed by atoms with Crippen LogP contribution in [-0.4, -0.2) is 56.7 Å². The van der Waals surface area contributed by atoms with Crippen molar-refractivity contribution in [3.63, 3.8) is 0 Å². The van der Waals surface area contributed by atoms with E-state index in [4.69, 9.17) is 0 Å². The van der Waals surface area contributed by atoms with Gasteiger partial charge in [-0.3, -0.25) is 9.79 Å². The summed E-state index contributed by atoms with van der Waals surface area (Å²) in [6.07, 6.45) is -4.45. The predicted molar refractivity (Wildman–Crippen MR) is 92.5 cm³/mol. The van der Waals surface area contributed by atoms with E-state index in [0.717, 1.165) is 12.6 Å². The average Bonchev–Trinajstić information content (AvgIpc) is 2.53. The lowest BCUT2D eigenvalue weighted by atomic mass is 9.84. The van der Waals surface area contributed by atoms with Crippen LogP contribution in [-0.2, 0) is 10.2 Å². The fourth-order valence-electron chi connectivity index (χ4n) is 2.19. The standard InChI is InChI=1S/C17H24F4N4O/c1-16(2,12-6-5-7-13(18)8-12)10-24-15(22-3)23-9-14(26)25(4)11-17(19,20)21/h5-8H,9-11H2,1-4H3,(H2,22,23,24). The molecule has 0 saturated heterocycles. The molecule has 0 aliphatic rings. The van der Waals surface area contributed by atoms with Crippen LogP contribution < -0.4 is 10.6 Å². The van der Waals surface area contributed by atoms with Gasteiger partial charge in [0, 0.05) is 26.1 Å². The minimum atomic E-state index is -4.45. The molecule has 2 N–H and O–H groups in total. The number of nitrogens with one attached hydrogen (secondary N) is 2. The third kappa shape index (κ3) is 7.28. The van der Waals surface area contributed by atoms with Gasteiger partial charge in [0.05, 0.1) is 6.54 Å². The Morgan fingerprint density at radius 3 is 2.42 bits per heavy atom. The Hall–Kier alpha value is -2.32. The number of nitrogens with zero attached hydrogens (tertiary/aromatic N) is 2. The van der Waals surface area contributed by atoms with Crippen LogP contribution in [0.4, 0.5) is 17.6 Å². The van der Waals surface area contributed by atoms with Gasteiger partial charge in [0.25, 0.3) is 0 Å². The smallest absolute Gasteiger partial charge is 0.356 e. The second kappa shape index (κ2) is 8.86. The molecule has 0 aliphatic heterocycles. The van der Waals surface area contributed by atoms with E-state index in [-0.39, 0.29) is 18.3 Å². The van der Waals surface area contributed by atoms with E-state index in [0.29, 0.717) is 11.4 Å². The van der Waals surface area contributed by atoms with Gasteiger partial charge in [-0.05, 0) is 17.7 Å². The van der Waals surface area contributed by atoms with Crippen molar-refractivity contribution >= 4 is 11.9 Å². The van der Waals surface area contributed by atoms with Crippen molar-refractivity contribution in [1.29, 1.82) is 0 Å². The van der Waals surface area contributed by atoms with E-state index in [1.54, 1.807) is 12.1 Å². The maximum absolute atomic E-state index is 13.4. The highest BCUT2D eigenvalue weighted by atomic mass is 19.4. The maximum Gasteiger partial charge on any atom is 0.406 e. The van der Waals surface area contributed by atoms with Crippen molar-refractivity contribution in [3.8, 4) is 0 Å². The summed E-state index contributed by atoms with van der Waals surface area (Å²) in [5.41, 5.74) is 0.345. The molecular weight excluding hydrogens is 352 g/mol. The number of hydrogen-bond acceptors (Lipinski definition) is 2. The van der Waals surface area contributed by atoms with Gasteiger partial charge in [-0.25, -0.2) is 4.39 Å². The van der Waals surface area contributed by atoms with Crippen LogP contribution in [0.3, 0.4) is 0 Å². The first-order valence-corrected chi connectivity index (χ1v) is 7.96. The lowest BCUT2D eigenvalue weighted by molar-refractivity contribution is -0.157. The number of amides is 1. The van der Waals surface area contributed by atoms with Crippen LogP contribution in [0.1, 0.15) is 19.4 Å². The number of halogens is 4. The molecule has 5 nitrogen and oxygen atoms in total. The molecule has 0 heterocycles. The SMILES string of the molecule is CN=C(NCC(=O)N(C)CC(F)(F)F)NCC(C)(C)c1cccc(F)c1. The Bertz CT molecular complexity index is 644. The molecule has 146 valence electrons. The molecule has 0 aromatic heterocycles. The molecule has 0 saturated carbocycles. The van der Waals surface area contributed by atoms with Gasteiger partial charge in [-0.1, -0.05) is 26.0 Å². The van der Waals surface area contributed by atoms with Crippen molar-refractivity contribution in [2.45, 2.75) is 25.4 Å². The average molecular weight is 376 g/mol. The minimum absolute atomic E-state index is 0.267. The Balaban J connectivity index is 2.56. The van der Waals surface area contributed by atoms with Crippen molar-refractivity contribution in [2.75, 3.05) is 33.7 Å². The lowest BCUT2D eigenvalue weighted by Crippen LogP contribution is -2.47. The number of carbonyl (C=O) groups is 1. The first-order chi connectivity index (χ1) is 11.9. The molecule has 0 spiro atoms. The Morgan fingerprint density at radius 1 is 1.23 bits per heavy atom. The van der Waals surface area contributed by atoms with Gasteiger partial charge in [0.2, 0.25) is 5.91 Å². The first-order valence-electron chi connectivity index (χ1n) is 7.96. The van der Waals surface area contributed by atoms with Crippen LogP contribution in [0.25, 0.3) is 0 Å². The number of hydrogen-bond donors (Lipinski definition) is 2. The van der Waals surface area contributed by atoms with Crippen LogP contribution in [0.15, 0.2) is 29.3 Å². The molecule has 0 unspecified atom stereocenters. The largest absolute Gasteiger partial charge is 0.406 e. The van der Waals surface area contributed by atoms with Crippen molar-refractivity contribution in [3.05, 3.63) is 35.6 Å². The first kappa shape index (κ1) is 21.7. The minimum Gasteiger partial charge on any atom is -0.356 e. The summed E-state index contributed by atoms with van der Waals surface area (Å²) < 4.78 is 50.3. The summed E-state index contributed by atoms with van der Waals surface area (Å²) >= 11 is 0. The van der Waals surface area contributed by atoms with E-state index in [1.807, 2.05) is 13.8 Å². The number of likely N-dealkylation sites (N-methyl/N-ethyl adjacent to an activating group) is 1. The molecule has 0 atom stereocenters. The second-order valence-corrected chi connectivity index (χ2v) is 6.54. The van der Waals surface area contributed by atoms with E-state index >= 15 is 0 Å². The molecule has 1 aromatic carbocycles. The highest BCUT2D eigenvalue weighted by molar-refractivity contribution is 5.86. The zero-order valence-corrected chi connectivity index (χ0v) is 15.2. The number of benzene rings is 1. The fourth-order valence-corrected chi connectivity index (χ4v) is 2.19. The van der Waals surface area contributed by atoms with Crippen molar-refractivity contribution in [1.82, 2.24) is 15.5 Å². The van der Waals surface area contributed by atoms with Gasteiger partial charge in [-0.2, -0.15) is 13.2 Å². The normalized spacial score (nSPS) is 12.7. The Morgan fingerprint density at radius 2 is 1.88 bits per heavy atom. The van der Waals surface area contributed by atoms with Gasteiger partial charge in [0.15, 0.2) is 5.96 Å². The van der Waals surface area contributed by atoms with E-state index in [2.05, 4.69) is 15.6 Å². The van der Waals surface area contributed by atoms with E-state index in [1.165, 1.54) is 19.2 Å². The lowest BCUT2D eigenvalue weighted by Gasteiger charge is -2.27. The molecule has 9 heteroatoms. The van der Waals surface area contributed by atoms with Crippen LogP contribution >= 0.6 is 0 Å². The van der Waals surface area contributed by atoms with Gasteiger partial charge in [-0.15, -0.1) is 0 Å². The summed E-state index contributed by atoms with van der Waals surface area (Å²) in [7, 11) is 2.56. The van der Waals surface area contributed by atoms with Crippen LogP contribution in [0.2, 0.25) is 0 Å². The van der Waals surface area contributed by atoms with Gasteiger partial charge >= 0.3 is 6.18 Å². The second-order valence-electron chi connectivity index (χ2n) is 6.54. The van der Waals surface area contributed by atoms with E-state index in [9.17, 15) is 22.4 Å². The zero-order chi connectivity index (χ0) is 20.0. The van der Waals surface area contributed by atoms with Crippen LogP contribution in [0, 0.1) is 5.82 Å². The number of rotatable bonds is 6. The maximum atomic E-state index is 13.4. The predicted octanol–water partition coefficient (Wildman–Crippen LogP) is 2.29. The van der Waals surface area contributed by atoms with Crippen molar-refractivity contribution in [2.24, 2.45) is 4.99 Å². The van der Waals surface area contributed by atoms with E-state index < -0.39 is 24.0 Å². The topological polar surface area (TPSA) is 56.7 Å². The van der Waals surface area contributed by atoms with Gasteiger partial charge < -0.3 is 15.5 Å². The van der Waals surface area contributed by atoms with Crippen molar-refractivity contribution < 1.29 is 22.4 Å². The molecule has 1 amide bonds. The molecule has 1 rings (SSSR count). The number of guanidine groups is 1. The quantitative estimate of drug-likeness (QED) is 0.455. The molecule has 26 heavy (non-hydrogen) atoms. The molecule has 0 bridgehead atoms. The number of alkyl halides is 3. The Labute approximate surface area is 150 Å². The van der Waals surface area contributed by atoms with Gasteiger partial charge in [0.1, 0.15) is 12.4 Å². The third-order valence-electron chi connectivity index (χ3n) is 3.78. The molecule has 1 aromatic rings. The molecule has 0 fully saturated rings. The van der Waals surface area contributed by atoms with Crippen LogP contribution in [0.5, 0.6) is 0 Å². The monoisotopic (exact) mass is 376 g/mol. The molecule has 0 radical (unpaired) electrons. The highest BCUT2D eigenvalue weighted by Crippen LogP contribution is 2.22. The number of aliphatic imine (C=N–C) groups is 1. The summed E-state index contributed by atoms with van der Waals surface area (Å²) in [5, 5.41) is 5.67.